The van der Waals surface area contributed by atoms with Gasteiger partial charge in [0.25, 0.3) is 0 Å². The molecule has 0 spiro atoms. The van der Waals surface area contributed by atoms with Gasteiger partial charge in [-0.05, 0) is 90.8 Å². The van der Waals surface area contributed by atoms with Crippen LogP contribution in [0.1, 0.15) is 106 Å². The average Bonchev–Trinajstić information content (AvgIpc) is 2.95. The average molecular weight is 417 g/mol. The van der Waals surface area contributed by atoms with E-state index in [4.69, 9.17) is 0 Å². The maximum Gasteiger partial charge on any atom is 0.0757 e. The van der Waals surface area contributed by atoms with Gasteiger partial charge in [-0.15, -0.1) is 0 Å². The van der Waals surface area contributed by atoms with Gasteiger partial charge in [-0.25, -0.2) is 0 Å². The van der Waals surface area contributed by atoms with Crippen molar-refractivity contribution in [2.45, 2.75) is 118 Å². The molecule has 9 atom stereocenters. The Morgan fingerprint density at radius 1 is 0.933 bits per heavy atom. The van der Waals surface area contributed by atoms with Gasteiger partial charge in [-0.3, -0.25) is 0 Å². The summed E-state index contributed by atoms with van der Waals surface area (Å²) in [7, 11) is 0. The maximum atomic E-state index is 11.4. The summed E-state index contributed by atoms with van der Waals surface area (Å²) in [5.41, 5.74) is 2.31. The SMILES string of the molecule is CC(C)CCC[C@H](C)[C@@]1(C)CC[C@H]2[C@@H]3[C@H](O)C=C4C[C@@H](O)CC[C@]4(C)[C@H]3CC[C@@]21C. The molecule has 3 saturated carbocycles. The van der Waals surface area contributed by atoms with E-state index in [2.05, 4.69) is 47.6 Å². The van der Waals surface area contributed by atoms with Crippen LogP contribution in [0.25, 0.3) is 0 Å². The van der Waals surface area contributed by atoms with Crippen molar-refractivity contribution in [2.24, 2.45) is 45.8 Å². The Bertz CT molecular complexity index is 668. The van der Waals surface area contributed by atoms with E-state index in [1.54, 1.807) is 0 Å². The molecule has 4 rings (SSSR count). The normalized spacial score (nSPS) is 49.2. The molecular weight excluding hydrogens is 368 g/mol. The van der Waals surface area contributed by atoms with Gasteiger partial charge in [0.1, 0.15) is 0 Å². The van der Waals surface area contributed by atoms with E-state index < -0.39 is 0 Å². The van der Waals surface area contributed by atoms with E-state index >= 15 is 0 Å². The number of aliphatic hydroxyl groups excluding tert-OH is 2. The van der Waals surface area contributed by atoms with Gasteiger partial charge in [-0.1, -0.05) is 72.5 Å². The van der Waals surface area contributed by atoms with Gasteiger partial charge in [-0.2, -0.15) is 0 Å². The second-order valence-electron chi connectivity index (χ2n) is 12.9. The highest BCUT2D eigenvalue weighted by atomic mass is 16.3. The molecule has 172 valence electrons. The lowest BCUT2D eigenvalue weighted by Gasteiger charge is -2.61. The molecular formula is C28H48O2. The summed E-state index contributed by atoms with van der Waals surface area (Å²) < 4.78 is 0. The van der Waals surface area contributed by atoms with Crippen LogP contribution in [0.2, 0.25) is 0 Å². The van der Waals surface area contributed by atoms with Crippen LogP contribution in [-0.4, -0.2) is 22.4 Å². The standard InChI is InChI=1S/C28H48O2/c1-18(2)8-7-9-19(3)27(5)14-12-23-25-22(11-15-28(23,27)6)26(4)13-10-21(29)16-20(26)17-24(25)30/h17-19,21-25,29-30H,7-16H2,1-6H3/t19-,21-,22-,23-,24+,25+,26-,27+,28-/m0/s1. The second-order valence-corrected chi connectivity index (χ2v) is 12.9. The predicted molar refractivity (Wildman–Crippen MR) is 125 cm³/mol. The molecule has 0 bridgehead atoms. The summed E-state index contributed by atoms with van der Waals surface area (Å²) in [4.78, 5) is 0. The third-order valence-electron chi connectivity index (χ3n) is 11.3. The fourth-order valence-corrected chi connectivity index (χ4v) is 8.89. The maximum absolute atomic E-state index is 11.4. The topological polar surface area (TPSA) is 40.5 Å². The third kappa shape index (κ3) is 3.35. The molecule has 0 amide bonds. The summed E-state index contributed by atoms with van der Waals surface area (Å²) in [6.45, 7) is 14.9. The van der Waals surface area contributed by atoms with Crippen LogP contribution in [0.5, 0.6) is 0 Å². The molecule has 0 aliphatic heterocycles. The van der Waals surface area contributed by atoms with Gasteiger partial charge in [0, 0.05) is 0 Å². The van der Waals surface area contributed by atoms with Crippen molar-refractivity contribution >= 4 is 0 Å². The molecule has 0 aromatic rings. The molecule has 2 heteroatoms. The second kappa shape index (κ2) is 7.91. The predicted octanol–water partition coefficient (Wildman–Crippen LogP) is 6.75. The van der Waals surface area contributed by atoms with Crippen LogP contribution < -0.4 is 0 Å². The first-order valence-corrected chi connectivity index (χ1v) is 13.1. The first-order chi connectivity index (χ1) is 14.0. The van der Waals surface area contributed by atoms with Crippen molar-refractivity contribution in [3.8, 4) is 0 Å². The number of fused-ring (bicyclic) bond motifs is 5. The highest BCUT2D eigenvalue weighted by Crippen LogP contribution is 2.71. The van der Waals surface area contributed by atoms with Gasteiger partial charge < -0.3 is 10.2 Å². The van der Waals surface area contributed by atoms with Crippen molar-refractivity contribution in [1.29, 1.82) is 0 Å². The Labute approximate surface area is 185 Å². The molecule has 30 heavy (non-hydrogen) atoms. The smallest absolute Gasteiger partial charge is 0.0757 e. The Kier molecular flexibility index (Phi) is 6.02. The van der Waals surface area contributed by atoms with Crippen molar-refractivity contribution in [3.63, 3.8) is 0 Å². The first kappa shape index (κ1) is 22.8. The Balaban J connectivity index is 1.58. The zero-order valence-electron chi connectivity index (χ0n) is 20.6. The quantitative estimate of drug-likeness (QED) is 0.487. The molecule has 0 unspecified atom stereocenters. The minimum Gasteiger partial charge on any atom is -0.393 e. The van der Waals surface area contributed by atoms with Crippen molar-refractivity contribution in [1.82, 2.24) is 0 Å². The van der Waals surface area contributed by atoms with Gasteiger partial charge in [0.15, 0.2) is 0 Å². The highest BCUT2D eigenvalue weighted by molar-refractivity contribution is 5.28. The Morgan fingerprint density at radius 2 is 1.63 bits per heavy atom. The molecule has 4 aliphatic rings. The van der Waals surface area contributed by atoms with Crippen molar-refractivity contribution in [2.75, 3.05) is 0 Å². The molecule has 0 aromatic heterocycles. The summed E-state index contributed by atoms with van der Waals surface area (Å²) in [5, 5.41) is 21.6. The zero-order valence-corrected chi connectivity index (χ0v) is 20.6. The molecule has 0 saturated heterocycles. The first-order valence-electron chi connectivity index (χ1n) is 13.1. The fourth-order valence-electron chi connectivity index (χ4n) is 8.89. The zero-order chi connectivity index (χ0) is 21.9. The molecule has 0 aromatic carbocycles. The molecule has 3 fully saturated rings. The number of aliphatic hydroxyl groups is 2. The Morgan fingerprint density at radius 3 is 2.33 bits per heavy atom. The van der Waals surface area contributed by atoms with E-state index in [1.165, 1.54) is 50.5 Å². The van der Waals surface area contributed by atoms with Gasteiger partial charge in [0.2, 0.25) is 0 Å². The molecule has 4 aliphatic carbocycles. The summed E-state index contributed by atoms with van der Waals surface area (Å²) in [6.07, 6.45) is 13.7. The van der Waals surface area contributed by atoms with Crippen LogP contribution in [0.3, 0.4) is 0 Å². The number of hydrogen-bond acceptors (Lipinski definition) is 2. The van der Waals surface area contributed by atoms with E-state index in [-0.39, 0.29) is 17.6 Å². The summed E-state index contributed by atoms with van der Waals surface area (Å²) in [6, 6.07) is 0. The van der Waals surface area contributed by atoms with Crippen LogP contribution in [-0.2, 0) is 0 Å². The lowest BCUT2D eigenvalue weighted by atomic mass is 9.44. The van der Waals surface area contributed by atoms with Crippen molar-refractivity contribution < 1.29 is 10.2 Å². The third-order valence-corrected chi connectivity index (χ3v) is 11.3. The highest BCUT2D eigenvalue weighted by Gasteiger charge is 2.64. The Hall–Kier alpha value is -0.340. The molecule has 2 N–H and O–H groups in total. The van der Waals surface area contributed by atoms with Crippen LogP contribution in [0, 0.1) is 45.8 Å². The minimum atomic E-state index is -0.313. The number of hydrogen-bond donors (Lipinski definition) is 2. The van der Waals surface area contributed by atoms with Gasteiger partial charge >= 0.3 is 0 Å². The van der Waals surface area contributed by atoms with E-state index in [0.29, 0.717) is 28.6 Å². The van der Waals surface area contributed by atoms with E-state index in [0.717, 1.165) is 31.1 Å². The lowest BCUT2D eigenvalue weighted by Crippen LogP contribution is -2.56. The molecule has 2 nitrogen and oxygen atoms in total. The number of rotatable bonds is 5. The van der Waals surface area contributed by atoms with Crippen molar-refractivity contribution in [3.05, 3.63) is 11.6 Å². The lowest BCUT2D eigenvalue weighted by molar-refractivity contribution is -0.119. The monoisotopic (exact) mass is 416 g/mol. The largest absolute Gasteiger partial charge is 0.393 e. The fraction of sp³-hybridized carbons (Fsp3) is 0.929. The molecule has 0 heterocycles. The summed E-state index contributed by atoms with van der Waals surface area (Å²) >= 11 is 0. The van der Waals surface area contributed by atoms with Crippen LogP contribution >= 0.6 is 0 Å². The summed E-state index contributed by atoms with van der Waals surface area (Å²) in [5.74, 6) is 3.22. The van der Waals surface area contributed by atoms with E-state index in [9.17, 15) is 10.2 Å². The molecule has 0 radical (unpaired) electrons. The van der Waals surface area contributed by atoms with E-state index in [1.807, 2.05) is 0 Å². The van der Waals surface area contributed by atoms with Crippen LogP contribution in [0.15, 0.2) is 11.6 Å². The van der Waals surface area contributed by atoms with Crippen LogP contribution in [0.4, 0.5) is 0 Å². The minimum absolute atomic E-state index is 0.201. The van der Waals surface area contributed by atoms with Gasteiger partial charge in [0.05, 0.1) is 12.2 Å².